The van der Waals surface area contributed by atoms with Crippen LogP contribution in [0.15, 0.2) is 72.0 Å². The molecule has 1 aliphatic heterocycles. The number of anilines is 2. The summed E-state index contributed by atoms with van der Waals surface area (Å²) in [5, 5.41) is 6.79. The van der Waals surface area contributed by atoms with E-state index in [1.165, 1.54) is 47.3 Å². The van der Waals surface area contributed by atoms with E-state index in [1.54, 1.807) is 12.1 Å². The number of alkyl halides is 3. The second-order valence-corrected chi connectivity index (χ2v) is 10.6. The molecule has 3 aromatic carbocycles. The summed E-state index contributed by atoms with van der Waals surface area (Å²) >= 11 is 1.09. The second kappa shape index (κ2) is 12.4. The molecule has 4 aromatic rings. The molecule has 15 heteroatoms. The number of thioether (sulfide) groups is 1. The van der Waals surface area contributed by atoms with Gasteiger partial charge in [0.25, 0.3) is 0 Å². The molecule has 1 N–H and O–H groups in total. The monoisotopic (exact) mass is 628 g/mol. The van der Waals surface area contributed by atoms with Crippen molar-refractivity contribution in [3.63, 3.8) is 0 Å². The van der Waals surface area contributed by atoms with Gasteiger partial charge in [-0.05, 0) is 60.0 Å². The number of carbonyl (C=O) groups is 2. The lowest BCUT2D eigenvalue weighted by Crippen LogP contribution is -2.31. The summed E-state index contributed by atoms with van der Waals surface area (Å²) in [6.45, 7) is 3.95. The Labute approximate surface area is 252 Å². The van der Waals surface area contributed by atoms with Crippen molar-refractivity contribution in [2.24, 2.45) is 4.99 Å². The Morgan fingerprint density at radius 2 is 1.80 bits per heavy atom. The number of nitrogens with zero attached hydrogens (tertiary/aromatic N) is 5. The summed E-state index contributed by atoms with van der Waals surface area (Å²) in [4.78, 5) is 35.2. The average Bonchev–Trinajstić information content (AvgIpc) is 3.60. The fourth-order valence-electron chi connectivity index (χ4n) is 4.32. The summed E-state index contributed by atoms with van der Waals surface area (Å²) in [6.07, 6.45) is -3.49. The number of carbonyl (C=O) groups excluding carboxylic acids is 2. The molecule has 1 aliphatic rings. The Balaban J connectivity index is 1.31. The fourth-order valence-corrected chi connectivity index (χ4v) is 5.18. The number of benzene rings is 3. The van der Waals surface area contributed by atoms with Gasteiger partial charge in [-0.2, -0.15) is 4.99 Å². The Hall–Kier alpha value is -4.92. The molecule has 2 heterocycles. The standard InChI is InChI=1S/C29H24F4N6O4S/c1-16(2)21-10-9-20(42-3)13-24(21)39-25(40)14-44-28(39)36-27(41)35-23-11-4-17(12-22(23)30)26-34-15-38(37-26)18-5-7-19(8-6-18)43-29(31,32)33/h4-13,15-16H,14H2,1-3H3,(H,35,41)/b36-28-. The third-order valence-corrected chi connectivity index (χ3v) is 7.28. The van der Waals surface area contributed by atoms with E-state index in [2.05, 4.69) is 25.1 Å². The molecule has 0 aliphatic carbocycles. The molecular formula is C29H24F4N6O4S. The third kappa shape index (κ3) is 6.83. The number of aliphatic imine (C=N–C) groups is 1. The first-order valence-corrected chi connectivity index (χ1v) is 14.0. The van der Waals surface area contributed by atoms with Gasteiger partial charge in [0.15, 0.2) is 11.0 Å². The number of nitrogens with one attached hydrogen (secondary N) is 1. The van der Waals surface area contributed by atoms with E-state index in [0.717, 1.165) is 35.5 Å². The number of hydrogen-bond acceptors (Lipinski definition) is 7. The van der Waals surface area contributed by atoms with Gasteiger partial charge in [-0.25, -0.2) is 18.9 Å². The van der Waals surface area contributed by atoms with Crippen LogP contribution in [-0.2, 0) is 4.79 Å². The molecule has 44 heavy (non-hydrogen) atoms. The van der Waals surface area contributed by atoms with Crippen LogP contribution in [0.4, 0.5) is 33.7 Å². The van der Waals surface area contributed by atoms with E-state index in [4.69, 9.17) is 4.74 Å². The first-order chi connectivity index (χ1) is 20.9. The minimum absolute atomic E-state index is 0.0660. The third-order valence-electron chi connectivity index (χ3n) is 6.36. The summed E-state index contributed by atoms with van der Waals surface area (Å²) in [7, 11) is 1.51. The van der Waals surface area contributed by atoms with Gasteiger partial charge in [0, 0.05) is 11.6 Å². The van der Waals surface area contributed by atoms with Crippen molar-refractivity contribution in [1.82, 2.24) is 14.8 Å². The van der Waals surface area contributed by atoms with Crippen molar-refractivity contribution in [2.75, 3.05) is 23.1 Å². The zero-order valence-corrected chi connectivity index (χ0v) is 24.2. The topological polar surface area (TPSA) is 111 Å². The van der Waals surface area contributed by atoms with E-state index in [0.29, 0.717) is 17.1 Å². The summed E-state index contributed by atoms with van der Waals surface area (Å²) in [5.41, 5.74) is 1.93. The molecule has 0 saturated carbocycles. The lowest BCUT2D eigenvalue weighted by atomic mass is 10.00. The van der Waals surface area contributed by atoms with Gasteiger partial charge in [0.2, 0.25) is 5.91 Å². The Morgan fingerprint density at radius 1 is 1.07 bits per heavy atom. The maximum Gasteiger partial charge on any atom is 0.573 e. The molecule has 228 valence electrons. The largest absolute Gasteiger partial charge is 0.573 e. The molecule has 0 bridgehead atoms. The number of urea groups is 1. The van der Waals surface area contributed by atoms with Gasteiger partial charge < -0.3 is 14.8 Å². The van der Waals surface area contributed by atoms with Crippen LogP contribution >= 0.6 is 11.8 Å². The number of aromatic nitrogens is 3. The van der Waals surface area contributed by atoms with Gasteiger partial charge in [0.05, 0.1) is 29.9 Å². The second-order valence-electron chi connectivity index (χ2n) is 9.67. The van der Waals surface area contributed by atoms with E-state index in [1.807, 2.05) is 19.9 Å². The van der Waals surface area contributed by atoms with Crippen LogP contribution in [0.2, 0.25) is 0 Å². The van der Waals surface area contributed by atoms with Crippen LogP contribution < -0.4 is 19.7 Å². The molecule has 5 rings (SSSR count). The number of halogens is 4. The van der Waals surface area contributed by atoms with Gasteiger partial charge >= 0.3 is 12.4 Å². The highest BCUT2D eigenvalue weighted by molar-refractivity contribution is 8.15. The summed E-state index contributed by atoms with van der Waals surface area (Å²) in [5.74, 6) is -0.627. The van der Waals surface area contributed by atoms with Gasteiger partial charge in [-0.3, -0.25) is 9.69 Å². The number of rotatable bonds is 7. The van der Waals surface area contributed by atoms with Crippen LogP contribution in [0, 0.1) is 5.82 Å². The van der Waals surface area contributed by atoms with Gasteiger partial charge in [0.1, 0.15) is 23.6 Å². The van der Waals surface area contributed by atoms with Crippen molar-refractivity contribution < 1.29 is 36.6 Å². The highest BCUT2D eigenvalue weighted by Crippen LogP contribution is 2.36. The highest BCUT2D eigenvalue weighted by atomic mass is 32.2. The van der Waals surface area contributed by atoms with Crippen LogP contribution in [0.1, 0.15) is 25.3 Å². The van der Waals surface area contributed by atoms with E-state index < -0.39 is 24.0 Å². The molecule has 1 saturated heterocycles. The van der Waals surface area contributed by atoms with Crippen LogP contribution in [0.25, 0.3) is 17.1 Å². The normalized spacial score (nSPS) is 14.4. The highest BCUT2D eigenvalue weighted by Gasteiger charge is 2.33. The molecule has 1 aromatic heterocycles. The number of amides is 3. The van der Waals surface area contributed by atoms with E-state index in [9.17, 15) is 22.8 Å². The molecule has 3 amide bonds. The summed E-state index contributed by atoms with van der Waals surface area (Å²) < 4.78 is 62.7. The quantitative estimate of drug-likeness (QED) is 0.225. The fraction of sp³-hybridized carbons (Fsp3) is 0.207. The van der Waals surface area contributed by atoms with Crippen LogP contribution in [0.3, 0.4) is 0 Å². The summed E-state index contributed by atoms with van der Waals surface area (Å²) in [6, 6.07) is 13.4. The Kier molecular flexibility index (Phi) is 8.58. The van der Waals surface area contributed by atoms with Gasteiger partial charge in [-0.1, -0.05) is 31.7 Å². The Bertz CT molecular complexity index is 1740. The minimum Gasteiger partial charge on any atom is -0.497 e. The SMILES string of the molecule is COc1ccc(C(C)C)c(N2C(=O)CS/C2=N\C(=O)Nc2ccc(-c3ncn(-c4ccc(OC(F)(F)F)cc4)n3)cc2F)c1. The lowest BCUT2D eigenvalue weighted by Gasteiger charge is -2.22. The van der Waals surface area contributed by atoms with Crippen molar-refractivity contribution in [3.8, 4) is 28.6 Å². The lowest BCUT2D eigenvalue weighted by molar-refractivity contribution is -0.274. The molecular weight excluding hydrogens is 604 g/mol. The zero-order chi connectivity index (χ0) is 31.6. The maximum atomic E-state index is 15.0. The molecule has 10 nitrogen and oxygen atoms in total. The van der Waals surface area contributed by atoms with Crippen molar-refractivity contribution in [1.29, 1.82) is 0 Å². The zero-order valence-electron chi connectivity index (χ0n) is 23.4. The van der Waals surface area contributed by atoms with E-state index >= 15 is 4.39 Å². The maximum absolute atomic E-state index is 15.0. The average molecular weight is 629 g/mol. The van der Waals surface area contributed by atoms with Crippen LogP contribution in [0.5, 0.6) is 11.5 Å². The van der Waals surface area contributed by atoms with E-state index in [-0.39, 0.29) is 39.8 Å². The number of amidine groups is 1. The minimum atomic E-state index is -4.81. The van der Waals surface area contributed by atoms with Gasteiger partial charge in [-0.15, -0.1) is 18.3 Å². The number of ether oxygens (including phenoxy) is 2. The number of hydrogen-bond donors (Lipinski definition) is 1. The van der Waals surface area contributed by atoms with Crippen molar-refractivity contribution in [3.05, 3.63) is 78.4 Å². The Morgan fingerprint density at radius 3 is 2.45 bits per heavy atom. The molecule has 0 radical (unpaired) electrons. The predicted molar refractivity (Wildman–Crippen MR) is 157 cm³/mol. The smallest absolute Gasteiger partial charge is 0.497 e. The molecule has 0 spiro atoms. The van der Waals surface area contributed by atoms with Crippen LogP contribution in [-0.4, -0.2) is 51.1 Å². The first kappa shape index (κ1) is 30.5. The van der Waals surface area contributed by atoms with Crippen molar-refractivity contribution in [2.45, 2.75) is 26.1 Å². The predicted octanol–water partition coefficient (Wildman–Crippen LogP) is 6.77. The molecule has 0 atom stereocenters. The number of methoxy groups -OCH3 is 1. The molecule has 0 unspecified atom stereocenters. The first-order valence-electron chi connectivity index (χ1n) is 13.0. The van der Waals surface area contributed by atoms with Crippen molar-refractivity contribution >= 4 is 40.2 Å². The molecule has 1 fully saturated rings.